The van der Waals surface area contributed by atoms with Crippen molar-refractivity contribution >= 4 is 17.3 Å². The number of pyridine rings is 1. The van der Waals surface area contributed by atoms with E-state index in [4.69, 9.17) is 11.6 Å². The second kappa shape index (κ2) is 9.20. The van der Waals surface area contributed by atoms with Gasteiger partial charge in [-0.1, -0.05) is 17.7 Å². The first-order valence-corrected chi connectivity index (χ1v) is 11.8. The summed E-state index contributed by atoms with van der Waals surface area (Å²) in [7, 11) is 3.69. The molecule has 184 valence electrons. The minimum absolute atomic E-state index is 0.0823. The van der Waals surface area contributed by atoms with E-state index in [1.54, 1.807) is 50.0 Å². The number of aromatic hydroxyl groups is 1. The summed E-state index contributed by atoms with van der Waals surface area (Å²) < 4.78 is 17.7. The van der Waals surface area contributed by atoms with Crippen LogP contribution in [0.4, 0.5) is 10.1 Å². The fourth-order valence-electron chi connectivity index (χ4n) is 4.32. The van der Waals surface area contributed by atoms with E-state index >= 15 is 0 Å². The van der Waals surface area contributed by atoms with Crippen LogP contribution in [0.5, 0.6) is 5.75 Å². The molecule has 7 nitrogen and oxygen atoms in total. The third-order valence-corrected chi connectivity index (χ3v) is 6.83. The van der Waals surface area contributed by atoms with Crippen LogP contribution < -0.4 is 10.6 Å². The number of halogens is 2. The summed E-state index contributed by atoms with van der Waals surface area (Å²) >= 11 is 6.50. The highest BCUT2D eigenvalue weighted by molar-refractivity contribution is 6.32. The Labute approximate surface area is 212 Å². The first kappa shape index (κ1) is 23.7. The number of rotatable bonds is 4. The summed E-state index contributed by atoms with van der Waals surface area (Å²) in [5.74, 6) is -0.584. The molecule has 1 N–H and O–H groups in total. The second-order valence-electron chi connectivity index (χ2n) is 8.89. The Balaban J connectivity index is 1.55. The highest BCUT2D eigenvalue weighted by Crippen LogP contribution is 2.41. The van der Waals surface area contributed by atoms with Crippen LogP contribution in [0.25, 0.3) is 27.9 Å². The number of imidazole rings is 1. The summed E-state index contributed by atoms with van der Waals surface area (Å²) in [6, 6.07) is 9.44. The van der Waals surface area contributed by atoms with Gasteiger partial charge >= 0.3 is 5.69 Å². The first-order chi connectivity index (χ1) is 17.2. The Kier molecular flexibility index (Phi) is 6.05. The molecular weight excluding hydrogens is 481 g/mol. The van der Waals surface area contributed by atoms with Crippen LogP contribution in [0.2, 0.25) is 5.02 Å². The highest BCUT2D eigenvalue weighted by Gasteiger charge is 2.18. The van der Waals surface area contributed by atoms with Gasteiger partial charge in [0, 0.05) is 74.4 Å². The van der Waals surface area contributed by atoms with E-state index in [0.717, 1.165) is 24.5 Å². The molecule has 0 amide bonds. The van der Waals surface area contributed by atoms with Gasteiger partial charge in [-0.3, -0.25) is 9.55 Å². The molecule has 0 saturated heterocycles. The van der Waals surface area contributed by atoms with Crippen LogP contribution in [0.15, 0.2) is 77.9 Å². The van der Waals surface area contributed by atoms with E-state index in [1.165, 1.54) is 21.3 Å². The number of aryl methyl sites for hydroxylation is 1. The molecule has 2 aromatic carbocycles. The van der Waals surface area contributed by atoms with Crippen molar-refractivity contribution in [3.05, 3.63) is 94.4 Å². The van der Waals surface area contributed by atoms with Crippen LogP contribution >= 0.6 is 11.6 Å². The van der Waals surface area contributed by atoms with Gasteiger partial charge in [0.2, 0.25) is 0 Å². The maximum absolute atomic E-state index is 14.8. The predicted octanol–water partition coefficient (Wildman–Crippen LogP) is 5.02. The molecule has 0 atom stereocenters. The maximum atomic E-state index is 14.8. The number of hydrogen-bond donors (Lipinski definition) is 1. The van der Waals surface area contributed by atoms with Gasteiger partial charge in [-0.25, -0.2) is 9.18 Å². The van der Waals surface area contributed by atoms with Crippen molar-refractivity contribution in [3.8, 4) is 33.7 Å². The van der Waals surface area contributed by atoms with Gasteiger partial charge < -0.3 is 19.5 Å². The standard InChI is InChI=1S/C27H25ClFN5O2/c1-17-16-33(8-6-31(17)2)21-10-19(14-30-15-21)23-13-20(29)12-22(26(23)35)18-4-5-25(24(28)11-18)34-9-7-32(3)27(34)36/h4-5,7,9-16,35H,6,8H2,1-3H3. The molecule has 0 unspecified atom stereocenters. The van der Waals surface area contributed by atoms with E-state index in [1.807, 2.05) is 26.2 Å². The van der Waals surface area contributed by atoms with Crippen molar-refractivity contribution in [1.29, 1.82) is 0 Å². The Morgan fingerprint density at radius 1 is 1.00 bits per heavy atom. The normalized spacial score (nSPS) is 13.8. The summed E-state index contributed by atoms with van der Waals surface area (Å²) in [4.78, 5) is 20.9. The quantitative estimate of drug-likeness (QED) is 0.422. The van der Waals surface area contributed by atoms with E-state index in [0.29, 0.717) is 33.0 Å². The summed E-state index contributed by atoms with van der Waals surface area (Å²) in [6.45, 7) is 3.70. The zero-order valence-corrected chi connectivity index (χ0v) is 20.9. The smallest absolute Gasteiger partial charge is 0.332 e. The molecule has 1 aliphatic heterocycles. The zero-order valence-electron chi connectivity index (χ0n) is 20.1. The van der Waals surface area contributed by atoms with Crippen molar-refractivity contribution in [1.82, 2.24) is 19.0 Å². The summed E-state index contributed by atoms with van der Waals surface area (Å²) in [6.07, 6.45) is 8.66. The van der Waals surface area contributed by atoms with Crippen LogP contribution in [0.1, 0.15) is 6.92 Å². The molecule has 0 radical (unpaired) electrons. The number of benzene rings is 2. The maximum Gasteiger partial charge on any atom is 0.332 e. The van der Waals surface area contributed by atoms with Gasteiger partial charge in [-0.05, 0) is 42.8 Å². The topological polar surface area (TPSA) is 66.5 Å². The molecule has 0 bridgehead atoms. The van der Waals surface area contributed by atoms with E-state index < -0.39 is 5.82 Å². The van der Waals surface area contributed by atoms with Crippen LogP contribution in [0.3, 0.4) is 0 Å². The third-order valence-electron chi connectivity index (χ3n) is 6.53. The zero-order chi connectivity index (χ0) is 25.6. The molecule has 3 heterocycles. The summed E-state index contributed by atoms with van der Waals surface area (Å²) in [5.41, 5.74) is 3.97. The van der Waals surface area contributed by atoms with Crippen molar-refractivity contribution < 1.29 is 9.50 Å². The van der Waals surface area contributed by atoms with Crippen LogP contribution in [0, 0.1) is 5.82 Å². The number of phenolic OH excluding ortho intramolecular Hbond substituents is 1. The molecule has 0 spiro atoms. The molecule has 4 aromatic rings. The van der Waals surface area contributed by atoms with Crippen LogP contribution in [-0.4, -0.2) is 44.3 Å². The molecular formula is C27H25ClFN5O2. The average Bonchev–Trinajstić information content (AvgIpc) is 3.20. The van der Waals surface area contributed by atoms with Gasteiger partial charge in [0.15, 0.2) is 0 Å². The SMILES string of the molecule is CC1=CN(c2cncc(-c3cc(F)cc(-c4ccc(-n5ccn(C)c5=O)c(Cl)c4)c3O)c2)CCN1C. The first-order valence-electron chi connectivity index (χ1n) is 11.4. The van der Waals surface area contributed by atoms with Gasteiger partial charge in [0.05, 0.1) is 22.6 Å². The number of likely N-dealkylation sites (N-methyl/N-ethyl adjacent to an activating group) is 1. The van der Waals surface area contributed by atoms with Gasteiger partial charge in [-0.2, -0.15) is 0 Å². The number of aromatic nitrogens is 3. The van der Waals surface area contributed by atoms with Crippen molar-refractivity contribution in [3.63, 3.8) is 0 Å². The molecule has 36 heavy (non-hydrogen) atoms. The highest BCUT2D eigenvalue weighted by atomic mass is 35.5. The monoisotopic (exact) mass is 505 g/mol. The molecule has 1 aliphatic rings. The lowest BCUT2D eigenvalue weighted by Crippen LogP contribution is -2.35. The average molecular weight is 506 g/mol. The summed E-state index contributed by atoms with van der Waals surface area (Å²) in [5, 5.41) is 11.5. The lowest BCUT2D eigenvalue weighted by atomic mass is 9.97. The second-order valence-corrected chi connectivity index (χ2v) is 9.30. The van der Waals surface area contributed by atoms with Crippen LogP contribution in [-0.2, 0) is 7.05 Å². The minimum atomic E-state index is -0.502. The number of hydrogen-bond acceptors (Lipinski definition) is 5. The molecule has 5 rings (SSSR count). The molecule has 2 aromatic heterocycles. The Bertz CT molecular complexity index is 1560. The van der Waals surface area contributed by atoms with Crippen molar-refractivity contribution in [2.75, 3.05) is 25.0 Å². The van der Waals surface area contributed by atoms with E-state index in [-0.39, 0.29) is 11.4 Å². The molecule has 0 aliphatic carbocycles. The molecule has 9 heteroatoms. The number of phenols is 1. The largest absolute Gasteiger partial charge is 0.507 e. The lowest BCUT2D eigenvalue weighted by molar-refractivity contribution is 0.408. The fourth-order valence-corrected chi connectivity index (χ4v) is 4.59. The lowest BCUT2D eigenvalue weighted by Gasteiger charge is -2.32. The fraction of sp³-hybridized carbons (Fsp3) is 0.185. The van der Waals surface area contributed by atoms with Crippen molar-refractivity contribution in [2.45, 2.75) is 6.92 Å². The number of anilines is 1. The Morgan fingerprint density at radius 3 is 2.42 bits per heavy atom. The number of nitrogens with zero attached hydrogens (tertiary/aromatic N) is 5. The third kappa shape index (κ3) is 4.24. The van der Waals surface area contributed by atoms with E-state index in [2.05, 4.69) is 14.8 Å². The Hall–Kier alpha value is -4.04. The van der Waals surface area contributed by atoms with Gasteiger partial charge in [0.1, 0.15) is 11.6 Å². The molecule has 0 fully saturated rings. The Morgan fingerprint density at radius 2 is 1.75 bits per heavy atom. The minimum Gasteiger partial charge on any atom is -0.507 e. The van der Waals surface area contributed by atoms with Gasteiger partial charge in [0.25, 0.3) is 0 Å². The van der Waals surface area contributed by atoms with Gasteiger partial charge in [-0.15, -0.1) is 0 Å². The number of allylic oxidation sites excluding steroid dienone is 1. The molecule has 0 saturated carbocycles. The van der Waals surface area contributed by atoms with Crippen molar-refractivity contribution in [2.24, 2.45) is 7.05 Å². The predicted molar refractivity (Wildman–Crippen MR) is 140 cm³/mol. The van der Waals surface area contributed by atoms with E-state index in [9.17, 15) is 14.3 Å².